The van der Waals surface area contributed by atoms with Gasteiger partial charge in [0.2, 0.25) is 0 Å². The van der Waals surface area contributed by atoms with Gasteiger partial charge in [0.05, 0.1) is 10.4 Å². The van der Waals surface area contributed by atoms with E-state index in [1.807, 2.05) is 6.07 Å². The summed E-state index contributed by atoms with van der Waals surface area (Å²) in [4.78, 5) is 29.2. The minimum Gasteiger partial charge on any atom is -0.267 e. The van der Waals surface area contributed by atoms with Crippen LogP contribution < -0.4 is 10.9 Å². The van der Waals surface area contributed by atoms with E-state index in [1.54, 1.807) is 0 Å². The van der Waals surface area contributed by atoms with Crippen LogP contribution in [0, 0.1) is 0 Å². The lowest BCUT2D eigenvalue weighted by atomic mass is 10.00. The molecule has 0 atom stereocenters. The molecule has 2 heterocycles. The maximum Gasteiger partial charge on any atom is 0.433 e. The Kier molecular flexibility index (Phi) is 5.79. The van der Waals surface area contributed by atoms with Crippen molar-refractivity contribution in [2.24, 2.45) is 0 Å². The van der Waals surface area contributed by atoms with Gasteiger partial charge in [0.25, 0.3) is 11.8 Å². The number of nitrogens with zero attached hydrogens (tertiary/aromatic N) is 1. The minimum absolute atomic E-state index is 0.0817. The number of aryl methyl sites for hydroxylation is 2. The van der Waals surface area contributed by atoms with E-state index in [4.69, 9.17) is 0 Å². The number of pyridine rings is 1. The Labute approximate surface area is 158 Å². The van der Waals surface area contributed by atoms with E-state index in [0.29, 0.717) is 4.88 Å². The number of alkyl halides is 3. The highest BCUT2D eigenvalue weighted by Crippen LogP contribution is 2.28. The lowest BCUT2D eigenvalue weighted by Crippen LogP contribution is -2.41. The Morgan fingerprint density at radius 2 is 1.70 bits per heavy atom. The zero-order chi connectivity index (χ0) is 19.4. The van der Waals surface area contributed by atoms with Gasteiger partial charge in [-0.25, -0.2) is 0 Å². The van der Waals surface area contributed by atoms with Gasteiger partial charge in [-0.2, -0.15) is 13.2 Å². The summed E-state index contributed by atoms with van der Waals surface area (Å²) in [6, 6.07) is 3.58. The first kappa shape index (κ1) is 19.3. The standard InChI is InChI=1S/C18H18F3N3O2S/c19-18(20,21)15-8-7-12(10-22-15)16(25)23-24-17(26)14-9-11-5-3-1-2-4-6-13(11)27-14/h7-10H,1-6H2,(H,23,25)(H,24,26). The van der Waals surface area contributed by atoms with Gasteiger partial charge >= 0.3 is 6.18 Å². The topological polar surface area (TPSA) is 71.1 Å². The van der Waals surface area contributed by atoms with Crippen LogP contribution in [0.4, 0.5) is 13.2 Å². The number of halogens is 3. The van der Waals surface area contributed by atoms with Crippen LogP contribution in [0.25, 0.3) is 0 Å². The zero-order valence-electron chi connectivity index (χ0n) is 14.4. The molecule has 0 saturated carbocycles. The van der Waals surface area contributed by atoms with Gasteiger partial charge < -0.3 is 0 Å². The fraction of sp³-hybridized carbons (Fsp3) is 0.389. The molecule has 2 aromatic heterocycles. The van der Waals surface area contributed by atoms with Crippen molar-refractivity contribution in [3.63, 3.8) is 0 Å². The number of hydrogen-bond donors (Lipinski definition) is 2. The van der Waals surface area contributed by atoms with Gasteiger partial charge in [0, 0.05) is 11.1 Å². The summed E-state index contributed by atoms with van der Waals surface area (Å²) in [5.41, 5.74) is 4.53. The molecular formula is C18H18F3N3O2S. The molecule has 1 aliphatic rings. The number of nitrogens with one attached hydrogen (secondary N) is 2. The van der Waals surface area contributed by atoms with E-state index in [2.05, 4.69) is 15.8 Å². The lowest BCUT2D eigenvalue weighted by molar-refractivity contribution is -0.141. The molecule has 0 saturated heterocycles. The first-order valence-electron chi connectivity index (χ1n) is 8.60. The summed E-state index contributed by atoms with van der Waals surface area (Å²) in [5.74, 6) is -1.18. The number of fused-ring (bicyclic) bond motifs is 1. The SMILES string of the molecule is O=C(NNC(=O)c1cc2c(s1)CCCCCC2)c1ccc(C(F)(F)F)nc1. The molecule has 2 aromatic rings. The molecule has 5 nitrogen and oxygen atoms in total. The number of amides is 2. The van der Waals surface area contributed by atoms with Crippen LogP contribution in [-0.2, 0) is 19.0 Å². The van der Waals surface area contributed by atoms with Crippen LogP contribution in [0.2, 0.25) is 0 Å². The number of carbonyl (C=O) groups is 2. The van der Waals surface area contributed by atoms with E-state index in [0.717, 1.165) is 44.0 Å². The summed E-state index contributed by atoms with van der Waals surface area (Å²) < 4.78 is 37.5. The number of hydrazine groups is 1. The Morgan fingerprint density at radius 1 is 1.00 bits per heavy atom. The van der Waals surface area contributed by atoms with E-state index in [9.17, 15) is 22.8 Å². The molecule has 144 valence electrons. The van der Waals surface area contributed by atoms with Gasteiger partial charge in [-0.15, -0.1) is 11.3 Å². The maximum atomic E-state index is 12.5. The second-order valence-corrected chi connectivity index (χ2v) is 7.45. The average Bonchev–Trinajstić information content (AvgIpc) is 3.01. The van der Waals surface area contributed by atoms with Crippen LogP contribution in [0.5, 0.6) is 0 Å². The first-order chi connectivity index (χ1) is 12.8. The molecule has 27 heavy (non-hydrogen) atoms. The Morgan fingerprint density at radius 3 is 2.37 bits per heavy atom. The second kappa shape index (κ2) is 8.08. The fourth-order valence-electron chi connectivity index (χ4n) is 2.90. The van der Waals surface area contributed by atoms with E-state index >= 15 is 0 Å². The van der Waals surface area contributed by atoms with E-state index in [-0.39, 0.29) is 5.56 Å². The lowest BCUT2D eigenvalue weighted by Gasteiger charge is -2.08. The summed E-state index contributed by atoms with van der Waals surface area (Å²) in [6.45, 7) is 0. The molecule has 0 fully saturated rings. The number of carbonyl (C=O) groups excluding carboxylic acids is 2. The van der Waals surface area contributed by atoms with Gasteiger partial charge in [0.15, 0.2) is 0 Å². The third-order valence-corrected chi connectivity index (χ3v) is 5.56. The number of aromatic nitrogens is 1. The molecule has 0 aliphatic heterocycles. The smallest absolute Gasteiger partial charge is 0.267 e. The van der Waals surface area contributed by atoms with Gasteiger partial charge in [-0.3, -0.25) is 25.4 Å². The quantitative estimate of drug-likeness (QED) is 0.755. The maximum absolute atomic E-state index is 12.5. The van der Waals surface area contributed by atoms with E-state index in [1.165, 1.54) is 34.6 Å². The Balaban J connectivity index is 1.60. The molecule has 0 radical (unpaired) electrons. The van der Waals surface area contributed by atoms with Gasteiger partial charge in [0.1, 0.15) is 5.69 Å². The molecule has 0 aromatic carbocycles. The number of rotatable bonds is 2. The van der Waals surface area contributed by atoms with Crippen molar-refractivity contribution in [3.05, 3.63) is 51.0 Å². The molecule has 2 N–H and O–H groups in total. The molecule has 0 spiro atoms. The largest absolute Gasteiger partial charge is 0.433 e. The number of hydrogen-bond acceptors (Lipinski definition) is 4. The predicted octanol–water partition coefficient (Wildman–Crippen LogP) is 3.90. The first-order valence-corrected chi connectivity index (χ1v) is 9.42. The van der Waals surface area contributed by atoms with E-state index < -0.39 is 23.7 Å². The van der Waals surface area contributed by atoms with Crippen LogP contribution >= 0.6 is 11.3 Å². The van der Waals surface area contributed by atoms with Crippen molar-refractivity contribution in [3.8, 4) is 0 Å². The molecule has 3 rings (SSSR count). The van der Waals surface area contributed by atoms with Crippen LogP contribution in [0.15, 0.2) is 24.4 Å². The van der Waals surface area contributed by atoms with Crippen molar-refractivity contribution in [2.45, 2.75) is 44.7 Å². The Hall–Kier alpha value is -2.42. The highest BCUT2D eigenvalue weighted by molar-refractivity contribution is 7.14. The summed E-state index contributed by atoms with van der Waals surface area (Å²) >= 11 is 1.42. The number of thiophene rings is 1. The van der Waals surface area contributed by atoms with Gasteiger partial charge in [-0.05, 0) is 49.4 Å². The van der Waals surface area contributed by atoms with Crippen molar-refractivity contribution >= 4 is 23.2 Å². The Bertz CT molecular complexity index is 806. The third kappa shape index (κ3) is 4.85. The molecule has 9 heteroatoms. The monoisotopic (exact) mass is 397 g/mol. The fourth-order valence-corrected chi connectivity index (χ4v) is 4.05. The van der Waals surface area contributed by atoms with Crippen molar-refractivity contribution in [1.29, 1.82) is 0 Å². The second-order valence-electron chi connectivity index (χ2n) is 6.31. The van der Waals surface area contributed by atoms with Crippen LogP contribution in [-0.4, -0.2) is 16.8 Å². The third-order valence-electron chi connectivity index (χ3n) is 4.33. The highest BCUT2D eigenvalue weighted by Gasteiger charge is 2.32. The molecule has 0 unspecified atom stereocenters. The zero-order valence-corrected chi connectivity index (χ0v) is 15.2. The normalized spacial score (nSPS) is 14.6. The van der Waals surface area contributed by atoms with Crippen molar-refractivity contribution in [2.75, 3.05) is 0 Å². The van der Waals surface area contributed by atoms with Crippen LogP contribution in [0.3, 0.4) is 0 Å². The average molecular weight is 397 g/mol. The molecule has 2 amide bonds. The summed E-state index contributed by atoms with van der Waals surface area (Å²) in [7, 11) is 0. The minimum atomic E-state index is -4.57. The summed E-state index contributed by atoms with van der Waals surface area (Å²) in [5, 5.41) is 0. The summed E-state index contributed by atoms with van der Waals surface area (Å²) in [6.07, 6.45) is 2.73. The highest BCUT2D eigenvalue weighted by atomic mass is 32.1. The van der Waals surface area contributed by atoms with Gasteiger partial charge in [-0.1, -0.05) is 12.8 Å². The molecule has 1 aliphatic carbocycles. The van der Waals surface area contributed by atoms with Crippen molar-refractivity contribution in [1.82, 2.24) is 15.8 Å². The molecule has 0 bridgehead atoms. The van der Waals surface area contributed by atoms with Crippen molar-refractivity contribution < 1.29 is 22.8 Å². The predicted molar refractivity (Wildman–Crippen MR) is 94.4 cm³/mol. The molecular weight excluding hydrogens is 379 g/mol. The van der Waals surface area contributed by atoms with Crippen LogP contribution in [0.1, 0.15) is 61.8 Å².